The highest BCUT2D eigenvalue weighted by molar-refractivity contribution is 7.80. The predicted octanol–water partition coefficient (Wildman–Crippen LogP) is 2.37. The fourth-order valence-corrected chi connectivity index (χ4v) is 1.97. The van der Waals surface area contributed by atoms with Crippen LogP contribution in [0.25, 0.3) is 0 Å². The number of fused-ring (bicyclic) bond motifs is 1. The Labute approximate surface area is 78.0 Å². The van der Waals surface area contributed by atoms with Crippen molar-refractivity contribution in [1.29, 1.82) is 0 Å². The van der Waals surface area contributed by atoms with E-state index < -0.39 is 0 Å². The van der Waals surface area contributed by atoms with Crippen LogP contribution in [-0.2, 0) is 0 Å². The van der Waals surface area contributed by atoms with Gasteiger partial charge in [0.05, 0.1) is 6.04 Å². The van der Waals surface area contributed by atoms with Crippen molar-refractivity contribution in [2.75, 3.05) is 7.05 Å². The van der Waals surface area contributed by atoms with Gasteiger partial charge in [0.1, 0.15) is 4.99 Å². The van der Waals surface area contributed by atoms with Gasteiger partial charge in [0.15, 0.2) is 0 Å². The van der Waals surface area contributed by atoms with Crippen LogP contribution < -0.4 is 0 Å². The molecule has 1 heterocycles. The molecule has 1 aromatic carbocycles. The molecule has 1 nitrogen and oxygen atoms in total. The Balaban J connectivity index is 2.59. The minimum atomic E-state index is 0.439. The van der Waals surface area contributed by atoms with Crippen molar-refractivity contribution in [2.24, 2.45) is 0 Å². The van der Waals surface area contributed by atoms with Crippen molar-refractivity contribution in [3.63, 3.8) is 0 Å². The smallest absolute Gasteiger partial charge is 0.109 e. The normalized spacial score (nSPS) is 21.3. The molecule has 0 amide bonds. The zero-order chi connectivity index (χ0) is 8.72. The Morgan fingerprint density at radius 2 is 2.00 bits per heavy atom. The van der Waals surface area contributed by atoms with Crippen molar-refractivity contribution in [3.8, 4) is 0 Å². The third kappa shape index (κ3) is 0.879. The number of thiocarbonyl (C=S) groups is 1. The monoisotopic (exact) mass is 177 g/mol. The highest BCUT2D eigenvalue weighted by atomic mass is 32.1. The van der Waals surface area contributed by atoms with Crippen LogP contribution in [0, 0.1) is 0 Å². The van der Waals surface area contributed by atoms with Crippen LogP contribution in [0.2, 0.25) is 0 Å². The molecule has 62 valence electrons. The molecule has 0 fully saturated rings. The van der Waals surface area contributed by atoms with Crippen molar-refractivity contribution >= 4 is 17.2 Å². The zero-order valence-corrected chi connectivity index (χ0v) is 8.06. The van der Waals surface area contributed by atoms with Crippen molar-refractivity contribution in [1.82, 2.24) is 4.90 Å². The summed E-state index contributed by atoms with van der Waals surface area (Å²) in [5, 5.41) is 0. The van der Waals surface area contributed by atoms with Gasteiger partial charge in [0.25, 0.3) is 0 Å². The van der Waals surface area contributed by atoms with Crippen LogP contribution in [0.4, 0.5) is 0 Å². The van der Waals surface area contributed by atoms with Gasteiger partial charge in [0.2, 0.25) is 0 Å². The number of benzene rings is 1. The van der Waals surface area contributed by atoms with E-state index in [-0.39, 0.29) is 0 Å². The summed E-state index contributed by atoms with van der Waals surface area (Å²) in [6.07, 6.45) is 0. The third-order valence-electron chi connectivity index (χ3n) is 2.54. The maximum absolute atomic E-state index is 5.30. The lowest BCUT2D eigenvalue weighted by Crippen LogP contribution is -2.19. The second-order valence-electron chi connectivity index (χ2n) is 3.18. The van der Waals surface area contributed by atoms with E-state index >= 15 is 0 Å². The molecule has 0 spiro atoms. The molecular weight excluding hydrogens is 166 g/mol. The van der Waals surface area contributed by atoms with Crippen LogP contribution in [0.3, 0.4) is 0 Å². The third-order valence-corrected chi connectivity index (χ3v) is 3.05. The Morgan fingerprint density at radius 1 is 1.33 bits per heavy atom. The second-order valence-corrected chi connectivity index (χ2v) is 3.57. The molecular formula is C10H11NS. The van der Waals surface area contributed by atoms with Crippen molar-refractivity contribution in [3.05, 3.63) is 35.4 Å². The summed E-state index contributed by atoms with van der Waals surface area (Å²) < 4.78 is 0. The molecule has 2 heteroatoms. The van der Waals surface area contributed by atoms with Crippen LogP contribution in [0.1, 0.15) is 24.1 Å². The van der Waals surface area contributed by atoms with Crippen LogP contribution >= 0.6 is 12.2 Å². The first-order chi connectivity index (χ1) is 5.72. The number of nitrogens with zero attached hydrogens (tertiary/aromatic N) is 1. The quantitative estimate of drug-likeness (QED) is 0.560. The van der Waals surface area contributed by atoms with Gasteiger partial charge in [-0.2, -0.15) is 0 Å². The SMILES string of the molecule is C[C@H]1c2ccccc2C(=S)N1C. The first-order valence-corrected chi connectivity index (χ1v) is 4.48. The maximum atomic E-state index is 5.30. The zero-order valence-electron chi connectivity index (χ0n) is 7.24. The fraction of sp³-hybridized carbons (Fsp3) is 0.300. The molecule has 0 saturated carbocycles. The molecule has 2 rings (SSSR count). The van der Waals surface area contributed by atoms with Gasteiger partial charge in [-0.05, 0) is 12.5 Å². The summed E-state index contributed by atoms with van der Waals surface area (Å²) in [5.41, 5.74) is 2.58. The Hall–Kier alpha value is -0.890. The predicted molar refractivity (Wildman–Crippen MR) is 54.3 cm³/mol. The minimum Gasteiger partial charge on any atom is -0.359 e. The molecule has 1 aliphatic rings. The summed E-state index contributed by atoms with van der Waals surface area (Å²) >= 11 is 5.30. The highest BCUT2D eigenvalue weighted by Crippen LogP contribution is 2.31. The van der Waals surface area contributed by atoms with Gasteiger partial charge in [-0.15, -0.1) is 0 Å². The lowest BCUT2D eigenvalue weighted by molar-refractivity contribution is 0.429. The lowest BCUT2D eigenvalue weighted by Gasteiger charge is -2.16. The average molecular weight is 177 g/mol. The molecule has 0 unspecified atom stereocenters. The van der Waals surface area contributed by atoms with E-state index in [0.717, 1.165) is 4.99 Å². The van der Waals surface area contributed by atoms with E-state index in [1.165, 1.54) is 11.1 Å². The van der Waals surface area contributed by atoms with E-state index in [1.54, 1.807) is 0 Å². The van der Waals surface area contributed by atoms with E-state index in [1.807, 2.05) is 13.1 Å². The molecule has 0 aliphatic carbocycles. The number of rotatable bonds is 0. The van der Waals surface area contributed by atoms with Crippen LogP contribution in [-0.4, -0.2) is 16.9 Å². The summed E-state index contributed by atoms with van der Waals surface area (Å²) in [4.78, 5) is 3.11. The molecule has 1 aromatic rings. The van der Waals surface area contributed by atoms with E-state index in [0.29, 0.717) is 6.04 Å². The molecule has 0 saturated heterocycles. The maximum Gasteiger partial charge on any atom is 0.109 e. The van der Waals surface area contributed by atoms with Gasteiger partial charge < -0.3 is 4.90 Å². The van der Waals surface area contributed by atoms with E-state index in [4.69, 9.17) is 12.2 Å². The van der Waals surface area contributed by atoms with Crippen molar-refractivity contribution in [2.45, 2.75) is 13.0 Å². The van der Waals surface area contributed by atoms with Gasteiger partial charge in [-0.25, -0.2) is 0 Å². The van der Waals surface area contributed by atoms with Crippen LogP contribution in [0.15, 0.2) is 24.3 Å². The summed E-state index contributed by atoms with van der Waals surface area (Å²) in [5.74, 6) is 0. The molecule has 0 N–H and O–H groups in total. The molecule has 0 bridgehead atoms. The summed E-state index contributed by atoms with van der Waals surface area (Å²) in [6, 6.07) is 8.79. The van der Waals surface area contributed by atoms with Gasteiger partial charge >= 0.3 is 0 Å². The van der Waals surface area contributed by atoms with E-state index in [2.05, 4.69) is 30.0 Å². The standard InChI is InChI=1S/C10H11NS/c1-7-8-5-3-4-6-9(8)10(12)11(7)2/h3-7H,1-2H3/t7-/m0/s1. The number of hydrogen-bond donors (Lipinski definition) is 0. The lowest BCUT2D eigenvalue weighted by atomic mass is 10.1. The molecule has 12 heavy (non-hydrogen) atoms. The first-order valence-electron chi connectivity index (χ1n) is 4.08. The van der Waals surface area contributed by atoms with Crippen LogP contribution in [0.5, 0.6) is 0 Å². The van der Waals surface area contributed by atoms with E-state index in [9.17, 15) is 0 Å². The Bertz CT molecular complexity index is 332. The average Bonchev–Trinajstić information content (AvgIpc) is 2.33. The topological polar surface area (TPSA) is 3.24 Å². The summed E-state index contributed by atoms with van der Waals surface area (Å²) in [7, 11) is 2.05. The van der Waals surface area contributed by atoms with Gasteiger partial charge in [-0.3, -0.25) is 0 Å². The van der Waals surface area contributed by atoms with Gasteiger partial charge in [-0.1, -0.05) is 36.5 Å². The molecule has 1 aliphatic heterocycles. The fourth-order valence-electron chi connectivity index (χ4n) is 1.63. The largest absolute Gasteiger partial charge is 0.359 e. The first kappa shape index (κ1) is 7.74. The molecule has 0 radical (unpaired) electrons. The summed E-state index contributed by atoms with van der Waals surface area (Å²) in [6.45, 7) is 2.18. The molecule has 1 atom stereocenters. The van der Waals surface area contributed by atoms with Crippen molar-refractivity contribution < 1.29 is 0 Å². The second kappa shape index (κ2) is 2.56. The van der Waals surface area contributed by atoms with Gasteiger partial charge in [0, 0.05) is 12.6 Å². The highest BCUT2D eigenvalue weighted by Gasteiger charge is 2.26. The number of hydrogen-bond acceptors (Lipinski definition) is 1. The minimum absolute atomic E-state index is 0.439. The molecule has 0 aromatic heterocycles. The Kier molecular flexibility index (Phi) is 1.65. The Morgan fingerprint density at radius 3 is 2.67 bits per heavy atom.